The summed E-state index contributed by atoms with van der Waals surface area (Å²) in [6.45, 7) is 2.97. The molecular formula is C11H21N5O3. The molecule has 108 valence electrons. The fraction of sp³-hybridized carbons (Fsp3) is 0.727. The van der Waals surface area contributed by atoms with Gasteiger partial charge in [-0.3, -0.25) is 0 Å². The van der Waals surface area contributed by atoms with Crippen LogP contribution in [-0.2, 0) is 4.74 Å². The van der Waals surface area contributed by atoms with Crippen molar-refractivity contribution in [1.29, 1.82) is 0 Å². The van der Waals surface area contributed by atoms with Gasteiger partial charge in [-0.2, -0.15) is 15.0 Å². The molecule has 1 aromatic heterocycles. The molecule has 19 heavy (non-hydrogen) atoms. The Hall–Kier alpha value is -1.67. The third kappa shape index (κ3) is 5.66. The average Bonchev–Trinajstić information content (AvgIpc) is 2.36. The first kappa shape index (κ1) is 15.4. The Morgan fingerprint density at radius 1 is 1.37 bits per heavy atom. The Morgan fingerprint density at radius 2 is 2.16 bits per heavy atom. The second-order valence-corrected chi connectivity index (χ2v) is 3.96. The first-order valence-corrected chi connectivity index (χ1v) is 6.20. The van der Waals surface area contributed by atoms with E-state index in [-0.39, 0.29) is 24.6 Å². The van der Waals surface area contributed by atoms with Gasteiger partial charge in [-0.05, 0) is 12.8 Å². The van der Waals surface area contributed by atoms with Crippen molar-refractivity contribution in [2.45, 2.75) is 25.8 Å². The number of hydrogen-bond donors (Lipinski definition) is 3. The lowest BCUT2D eigenvalue weighted by atomic mass is 10.2. The van der Waals surface area contributed by atoms with Crippen molar-refractivity contribution in [2.24, 2.45) is 0 Å². The lowest BCUT2D eigenvalue weighted by Gasteiger charge is -2.17. The van der Waals surface area contributed by atoms with Crippen LogP contribution in [0.4, 0.5) is 11.9 Å². The van der Waals surface area contributed by atoms with Gasteiger partial charge >= 0.3 is 6.01 Å². The summed E-state index contributed by atoms with van der Waals surface area (Å²) in [7, 11) is 1.59. The predicted octanol–water partition coefficient (Wildman–Crippen LogP) is 0.0519. The topological polar surface area (TPSA) is 115 Å². The van der Waals surface area contributed by atoms with E-state index >= 15 is 0 Å². The van der Waals surface area contributed by atoms with E-state index in [9.17, 15) is 0 Å². The van der Waals surface area contributed by atoms with E-state index in [4.69, 9.17) is 20.3 Å². The van der Waals surface area contributed by atoms with Gasteiger partial charge in [0.05, 0.1) is 19.3 Å². The predicted molar refractivity (Wildman–Crippen MR) is 71.0 cm³/mol. The van der Waals surface area contributed by atoms with Crippen LogP contribution in [0.2, 0.25) is 0 Å². The van der Waals surface area contributed by atoms with Crippen molar-refractivity contribution < 1.29 is 14.6 Å². The van der Waals surface area contributed by atoms with Crippen LogP contribution < -0.4 is 15.8 Å². The smallest absolute Gasteiger partial charge is 0.323 e. The number of nitrogens with one attached hydrogen (secondary N) is 1. The number of nitrogens with two attached hydrogens (primary N) is 1. The van der Waals surface area contributed by atoms with E-state index in [1.165, 1.54) is 0 Å². The van der Waals surface area contributed by atoms with E-state index in [0.717, 1.165) is 6.42 Å². The number of hydrogen-bond acceptors (Lipinski definition) is 8. The fourth-order valence-electron chi connectivity index (χ4n) is 1.43. The van der Waals surface area contributed by atoms with E-state index in [2.05, 4.69) is 20.3 Å². The second-order valence-electron chi connectivity index (χ2n) is 3.96. The third-order valence-electron chi connectivity index (χ3n) is 2.25. The third-order valence-corrected chi connectivity index (χ3v) is 2.25. The summed E-state index contributed by atoms with van der Waals surface area (Å²) in [6, 6.07) is 0.0906. The van der Waals surface area contributed by atoms with E-state index in [1.807, 2.05) is 6.92 Å². The highest BCUT2D eigenvalue weighted by atomic mass is 16.5. The number of nitrogens with zero attached hydrogens (tertiary/aromatic N) is 3. The maximum Gasteiger partial charge on any atom is 0.323 e. The van der Waals surface area contributed by atoms with Crippen molar-refractivity contribution in [3.05, 3.63) is 0 Å². The first-order chi connectivity index (χ1) is 9.19. The van der Waals surface area contributed by atoms with Crippen LogP contribution >= 0.6 is 0 Å². The van der Waals surface area contributed by atoms with Crippen LogP contribution in [0.1, 0.15) is 19.8 Å². The van der Waals surface area contributed by atoms with Crippen LogP contribution in [-0.4, -0.2) is 53.0 Å². The van der Waals surface area contributed by atoms with Crippen molar-refractivity contribution >= 4 is 11.9 Å². The maximum atomic E-state index is 8.97. The Bertz CT molecular complexity index is 371. The van der Waals surface area contributed by atoms with Gasteiger partial charge in [0.15, 0.2) is 0 Å². The largest absolute Gasteiger partial charge is 0.463 e. The molecule has 1 heterocycles. The zero-order chi connectivity index (χ0) is 14.1. The molecule has 0 saturated heterocycles. The molecule has 0 spiro atoms. The zero-order valence-electron chi connectivity index (χ0n) is 11.3. The molecule has 0 aliphatic carbocycles. The number of rotatable bonds is 9. The molecule has 4 N–H and O–H groups in total. The van der Waals surface area contributed by atoms with Crippen LogP contribution in [0.5, 0.6) is 6.01 Å². The minimum atomic E-state index is -0.101. The molecule has 0 amide bonds. The Kier molecular flexibility index (Phi) is 6.83. The molecule has 0 aromatic carbocycles. The molecule has 1 atom stereocenters. The summed E-state index contributed by atoms with van der Waals surface area (Å²) in [6.07, 6.45) is 1.37. The molecule has 1 rings (SSSR count). The van der Waals surface area contributed by atoms with E-state index < -0.39 is 0 Å². The number of aliphatic hydroxyl groups is 1. The SMILES string of the molecule is CCCOc1nc(N)nc(NC(CCO)COC)n1. The summed E-state index contributed by atoms with van der Waals surface area (Å²) < 4.78 is 10.4. The molecule has 0 aliphatic rings. The van der Waals surface area contributed by atoms with Crippen LogP contribution in [0.3, 0.4) is 0 Å². The summed E-state index contributed by atoms with van der Waals surface area (Å²) in [5.74, 6) is 0.401. The number of ether oxygens (including phenoxy) is 2. The summed E-state index contributed by atoms with van der Waals surface area (Å²) in [5.41, 5.74) is 5.59. The standard InChI is InChI=1S/C11H21N5O3/c1-3-6-19-11-15-9(12)14-10(16-11)13-8(4-5-17)7-18-2/h8,17H,3-7H2,1-2H3,(H3,12,13,14,15,16). The first-order valence-electron chi connectivity index (χ1n) is 6.20. The van der Waals surface area contributed by atoms with Gasteiger partial charge in [0, 0.05) is 13.7 Å². The molecule has 0 fully saturated rings. The monoisotopic (exact) mass is 271 g/mol. The highest BCUT2D eigenvalue weighted by Crippen LogP contribution is 2.11. The average molecular weight is 271 g/mol. The van der Waals surface area contributed by atoms with Crippen molar-refractivity contribution in [3.8, 4) is 6.01 Å². The van der Waals surface area contributed by atoms with Crippen molar-refractivity contribution in [3.63, 3.8) is 0 Å². The molecule has 0 bridgehead atoms. The summed E-state index contributed by atoms with van der Waals surface area (Å²) >= 11 is 0. The van der Waals surface area contributed by atoms with Gasteiger partial charge < -0.3 is 25.6 Å². The van der Waals surface area contributed by atoms with Crippen LogP contribution in [0.25, 0.3) is 0 Å². The normalized spacial score (nSPS) is 12.2. The Balaban J connectivity index is 2.72. The Morgan fingerprint density at radius 3 is 2.79 bits per heavy atom. The van der Waals surface area contributed by atoms with Gasteiger partial charge in [0.25, 0.3) is 0 Å². The van der Waals surface area contributed by atoms with Gasteiger partial charge in [0.2, 0.25) is 11.9 Å². The number of methoxy groups -OCH3 is 1. The highest BCUT2D eigenvalue weighted by molar-refractivity contribution is 5.33. The minimum absolute atomic E-state index is 0.0424. The zero-order valence-corrected chi connectivity index (χ0v) is 11.3. The second kappa shape index (κ2) is 8.44. The lowest BCUT2D eigenvalue weighted by Crippen LogP contribution is -2.27. The van der Waals surface area contributed by atoms with Gasteiger partial charge in [0.1, 0.15) is 0 Å². The van der Waals surface area contributed by atoms with Crippen LogP contribution in [0, 0.1) is 0 Å². The maximum absolute atomic E-state index is 8.97. The van der Waals surface area contributed by atoms with Gasteiger partial charge in [-0.25, -0.2) is 0 Å². The minimum Gasteiger partial charge on any atom is -0.463 e. The van der Waals surface area contributed by atoms with Crippen LogP contribution in [0.15, 0.2) is 0 Å². The number of aliphatic hydroxyl groups excluding tert-OH is 1. The molecular weight excluding hydrogens is 250 g/mol. The van der Waals surface area contributed by atoms with E-state index in [0.29, 0.717) is 25.6 Å². The molecule has 0 saturated carbocycles. The van der Waals surface area contributed by atoms with Gasteiger partial charge in [-0.15, -0.1) is 0 Å². The number of anilines is 2. The number of nitrogen functional groups attached to an aromatic ring is 1. The molecule has 0 radical (unpaired) electrons. The van der Waals surface area contributed by atoms with Crippen molar-refractivity contribution in [2.75, 3.05) is 38.0 Å². The van der Waals surface area contributed by atoms with Crippen molar-refractivity contribution in [1.82, 2.24) is 15.0 Å². The fourth-order valence-corrected chi connectivity index (χ4v) is 1.43. The number of aromatic nitrogens is 3. The molecule has 1 unspecified atom stereocenters. The Labute approximate surface area is 112 Å². The summed E-state index contributed by atoms with van der Waals surface area (Å²) in [5, 5.41) is 12.0. The molecule has 8 heteroatoms. The highest BCUT2D eigenvalue weighted by Gasteiger charge is 2.11. The molecule has 0 aliphatic heterocycles. The lowest BCUT2D eigenvalue weighted by molar-refractivity contribution is 0.170. The molecule has 1 aromatic rings. The summed E-state index contributed by atoms with van der Waals surface area (Å²) in [4.78, 5) is 12.0. The quantitative estimate of drug-likeness (QED) is 0.577. The molecule has 8 nitrogen and oxygen atoms in total. The van der Waals surface area contributed by atoms with E-state index in [1.54, 1.807) is 7.11 Å². The van der Waals surface area contributed by atoms with Gasteiger partial charge in [-0.1, -0.05) is 6.92 Å².